The van der Waals surface area contributed by atoms with Crippen LogP contribution in [0, 0.1) is 12.5 Å². The molecule has 0 atom stereocenters. The van der Waals surface area contributed by atoms with E-state index < -0.39 is 0 Å². The molecule has 0 aliphatic rings. The molecule has 0 aliphatic carbocycles. The fraction of sp³-hybridized carbons (Fsp3) is 0.333. The van der Waals surface area contributed by atoms with Gasteiger partial charge in [-0.2, -0.15) is 5.11 Å². The van der Waals surface area contributed by atoms with Crippen LogP contribution in [0.15, 0.2) is 21.7 Å². The predicted octanol–water partition coefficient (Wildman–Crippen LogP) is 2.12. The quantitative estimate of drug-likeness (QED) is 0.603. The summed E-state index contributed by atoms with van der Waals surface area (Å²) < 4.78 is 5.11. The third-order valence-corrected chi connectivity index (χ3v) is 1.03. The number of aryl methyl sites for hydroxylation is 1. The molecule has 0 spiro atoms. The van der Waals surface area contributed by atoms with Gasteiger partial charge < -0.3 is 4.42 Å². The lowest BCUT2D eigenvalue weighted by Crippen LogP contribution is -1.70. The highest BCUT2D eigenvalue weighted by Crippen LogP contribution is 2.06. The molecule has 1 N–H and O–H groups in total. The molecule has 9 heavy (non-hydrogen) atoms. The highest BCUT2D eigenvalue weighted by Gasteiger charge is 1.93. The van der Waals surface area contributed by atoms with Crippen LogP contribution in [0.5, 0.6) is 0 Å². The van der Waals surface area contributed by atoms with Gasteiger partial charge in [0.15, 0.2) is 0 Å². The lowest BCUT2D eigenvalue weighted by molar-refractivity contribution is 0.481. The summed E-state index contributed by atoms with van der Waals surface area (Å²) in [5, 5.41) is 3.18. The van der Waals surface area contributed by atoms with Gasteiger partial charge in [-0.3, -0.25) is 0 Å². The van der Waals surface area contributed by atoms with Crippen molar-refractivity contribution in [1.29, 1.82) is 5.53 Å². The van der Waals surface area contributed by atoms with Crippen LogP contribution < -0.4 is 0 Å². The number of hydrogen-bond donors (Lipinski definition) is 1. The van der Waals surface area contributed by atoms with E-state index in [0.29, 0.717) is 6.54 Å². The highest BCUT2D eigenvalue weighted by molar-refractivity contribution is 5.04. The second-order valence-electron chi connectivity index (χ2n) is 1.83. The zero-order valence-corrected chi connectivity index (χ0v) is 5.22. The molecule has 0 unspecified atom stereocenters. The molecule has 0 fully saturated rings. The average Bonchev–Trinajstić information content (AvgIpc) is 2.17. The van der Waals surface area contributed by atoms with Crippen molar-refractivity contribution in [3.05, 3.63) is 23.7 Å². The van der Waals surface area contributed by atoms with Crippen molar-refractivity contribution < 1.29 is 4.42 Å². The Labute approximate surface area is 53.2 Å². The summed E-state index contributed by atoms with van der Waals surface area (Å²) in [4.78, 5) is 0. The summed E-state index contributed by atoms with van der Waals surface area (Å²) in [6, 6.07) is 3.69. The first-order valence-corrected chi connectivity index (χ1v) is 2.71. The Morgan fingerprint density at radius 3 is 2.89 bits per heavy atom. The SMILES string of the molecule is Cc1ccc(CN=N)o1. The van der Waals surface area contributed by atoms with Crippen LogP contribution >= 0.6 is 0 Å². The maximum atomic E-state index is 6.51. The largest absolute Gasteiger partial charge is 0.464 e. The number of nitrogens with one attached hydrogen (secondary N) is 1. The summed E-state index contributed by atoms with van der Waals surface area (Å²) >= 11 is 0. The third kappa shape index (κ3) is 1.38. The molecule has 1 rings (SSSR count). The Hall–Kier alpha value is -1.12. The zero-order valence-electron chi connectivity index (χ0n) is 5.22. The summed E-state index contributed by atoms with van der Waals surface area (Å²) in [5.41, 5.74) is 6.51. The van der Waals surface area contributed by atoms with E-state index in [4.69, 9.17) is 9.95 Å². The van der Waals surface area contributed by atoms with E-state index in [1.807, 2.05) is 19.1 Å². The number of nitrogens with zero attached hydrogens (tertiary/aromatic N) is 1. The van der Waals surface area contributed by atoms with E-state index in [1.54, 1.807) is 0 Å². The van der Waals surface area contributed by atoms with Gasteiger partial charge in [-0.05, 0) is 19.1 Å². The topological polar surface area (TPSA) is 49.4 Å². The minimum atomic E-state index is 0.355. The van der Waals surface area contributed by atoms with E-state index in [9.17, 15) is 0 Å². The fourth-order valence-electron chi connectivity index (χ4n) is 0.648. The summed E-state index contributed by atoms with van der Waals surface area (Å²) in [7, 11) is 0. The van der Waals surface area contributed by atoms with E-state index in [0.717, 1.165) is 11.5 Å². The first kappa shape index (κ1) is 6.01. The molecule has 0 bridgehead atoms. The number of rotatable bonds is 2. The summed E-state index contributed by atoms with van der Waals surface area (Å²) in [6.07, 6.45) is 0. The number of furan rings is 1. The molecule has 1 aromatic rings. The molecule has 48 valence electrons. The molecule has 0 aliphatic heterocycles. The van der Waals surface area contributed by atoms with Gasteiger partial charge in [0.25, 0.3) is 0 Å². The van der Waals surface area contributed by atoms with Crippen LogP contribution in [0.3, 0.4) is 0 Å². The monoisotopic (exact) mass is 124 g/mol. The molecule has 0 amide bonds. The molecule has 3 nitrogen and oxygen atoms in total. The molecule has 0 aromatic carbocycles. The van der Waals surface area contributed by atoms with E-state index in [1.165, 1.54) is 0 Å². The van der Waals surface area contributed by atoms with Gasteiger partial charge in [0, 0.05) is 0 Å². The molecule has 0 radical (unpaired) electrons. The van der Waals surface area contributed by atoms with Crippen LogP contribution in [0.2, 0.25) is 0 Å². The normalized spacial score (nSPS) is 9.44. The van der Waals surface area contributed by atoms with Crippen molar-refractivity contribution in [1.82, 2.24) is 0 Å². The fourth-order valence-corrected chi connectivity index (χ4v) is 0.648. The molecular formula is C6H8N2O. The molecule has 1 heterocycles. The van der Waals surface area contributed by atoms with Crippen molar-refractivity contribution in [2.24, 2.45) is 5.11 Å². The Bertz CT molecular complexity index is 205. The summed E-state index contributed by atoms with van der Waals surface area (Å²) in [6.45, 7) is 2.22. The minimum absolute atomic E-state index is 0.355. The van der Waals surface area contributed by atoms with Crippen LogP contribution in [0.1, 0.15) is 11.5 Å². The van der Waals surface area contributed by atoms with E-state index in [-0.39, 0.29) is 0 Å². The maximum absolute atomic E-state index is 6.51. The van der Waals surface area contributed by atoms with E-state index in [2.05, 4.69) is 5.11 Å². The van der Waals surface area contributed by atoms with Gasteiger partial charge in [0.2, 0.25) is 0 Å². The minimum Gasteiger partial charge on any atom is -0.464 e. The number of hydrogen-bond acceptors (Lipinski definition) is 3. The van der Waals surface area contributed by atoms with Gasteiger partial charge in [-0.15, -0.1) is 0 Å². The Morgan fingerprint density at radius 2 is 2.44 bits per heavy atom. The Morgan fingerprint density at radius 1 is 1.67 bits per heavy atom. The third-order valence-electron chi connectivity index (χ3n) is 1.03. The maximum Gasteiger partial charge on any atom is 0.127 e. The molecule has 1 aromatic heterocycles. The summed E-state index contributed by atoms with van der Waals surface area (Å²) in [5.74, 6) is 1.62. The second-order valence-corrected chi connectivity index (χ2v) is 1.83. The molecule has 3 heteroatoms. The average molecular weight is 124 g/mol. The van der Waals surface area contributed by atoms with Gasteiger partial charge in [-0.1, -0.05) is 0 Å². The highest BCUT2D eigenvalue weighted by atomic mass is 16.3. The van der Waals surface area contributed by atoms with Crippen LogP contribution in [0.4, 0.5) is 0 Å². The second kappa shape index (κ2) is 2.44. The molecule has 0 saturated carbocycles. The first-order valence-electron chi connectivity index (χ1n) is 2.71. The zero-order chi connectivity index (χ0) is 6.69. The smallest absolute Gasteiger partial charge is 0.127 e. The van der Waals surface area contributed by atoms with Crippen LogP contribution in [0.25, 0.3) is 0 Å². The Balaban J connectivity index is 2.72. The predicted molar refractivity (Wildman–Crippen MR) is 32.3 cm³/mol. The lowest BCUT2D eigenvalue weighted by Gasteiger charge is -1.83. The van der Waals surface area contributed by atoms with Crippen molar-refractivity contribution in [3.8, 4) is 0 Å². The first-order chi connectivity index (χ1) is 4.33. The lowest BCUT2D eigenvalue weighted by atomic mass is 10.4. The van der Waals surface area contributed by atoms with Crippen molar-refractivity contribution in [2.75, 3.05) is 0 Å². The van der Waals surface area contributed by atoms with Gasteiger partial charge in [0.1, 0.15) is 18.1 Å². The van der Waals surface area contributed by atoms with Crippen molar-refractivity contribution in [2.45, 2.75) is 13.5 Å². The molecule has 0 saturated heterocycles. The van der Waals surface area contributed by atoms with Crippen molar-refractivity contribution >= 4 is 0 Å². The molecular weight excluding hydrogens is 116 g/mol. The van der Waals surface area contributed by atoms with Crippen LogP contribution in [-0.4, -0.2) is 0 Å². The van der Waals surface area contributed by atoms with E-state index >= 15 is 0 Å². The van der Waals surface area contributed by atoms with Gasteiger partial charge in [-0.25, -0.2) is 5.53 Å². The standard InChI is InChI=1S/C6H8N2O/c1-5-2-3-6(9-5)4-8-7/h2-3,7H,4H2,1H3. The van der Waals surface area contributed by atoms with Gasteiger partial charge >= 0.3 is 0 Å². The Kier molecular flexibility index (Phi) is 1.63. The van der Waals surface area contributed by atoms with Crippen molar-refractivity contribution in [3.63, 3.8) is 0 Å². The van der Waals surface area contributed by atoms with Crippen LogP contribution in [-0.2, 0) is 6.54 Å². The van der Waals surface area contributed by atoms with Gasteiger partial charge in [0.05, 0.1) is 0 Å².